The van der Waals surface area contributed by atoms with E-state index in [1.54, 1.807) is 0 Å². The van der Waals surface area contributed by atoms with E-state index in [-0.39, 0.29) is 12.6 Å². The first-order valence-electron chi connectivity index (χ1n) is 14.2. The van der Waals surface area contributed by atoms with Crippen LogP contribution in [0, 0.1) is 0 Å². The van der Waals surface area contributed by atoms with Crippen LogP contribution in [-0.2, 0) is 31.8 Å². The molecule has 4 aromatic carbocycles. The highest BCUT2D eigenvalue weighted by molar-refractivity contribution is 9.10. The first-order chi connectivity index (χ1) is 20.2. The molecule has 0 unspecified atom stereocenters. The van der Waals surface area contributed by atoms with E-state index in [9.17, 15) is 0 Å². The van der Waals surface area contributed by atoms with Crippen LogP contribution in [0.25, 0.3) is 0 Å². The molecule has 2 fully saturated rings. The molecule has 0 atom stereocenters. The van der Waals surface area contributed by atoms with Crippen molar-refractivity contribution in [3.63, 3.8) is 0 Å². The summed E-state index contributed by atoms with van der Waals surface area (Å²) in [6.07, 6.45) is 1.97. The zero-order valence-electron chi connectivity index (χ0n) is 23.0. The molecule has 4 aliphatic rings. The van der Waals surface area contributed by atoms with Crippen LogP contribution in [0.15, 0.2) is 102 Å². The summed E-state index contributed by atoms with van der Waals surface area (Å²) in [5, 5.41) is 3.30. The first kappa shape index (κ1) is 27.9. The van der Waals surface area contributed by atoms with Crippen LogP contribution < -0.4 is 10.2 Å². The second-order valence-electron chi connectivity index (χ2n) is 10.2. The molecular weight excluding hydrogens is 580 g/mol. The van der Waals surface area contributed by atoms with Gasteiger partial charge in [0.1, 0.15) is 0 Å². The molecular formula is C34H35BrN2O4. The van der Waals surface area contributed by atoms with Crippen molar-refractivity contribution >= 4 is 33.0 Å². The van der Waals surface area contributed by atoms with Crippen LogP contribution in [-0.4, -0.2) is 39.5 Å². The van der Waals surface area contributed by atoms with E-state index in [4.69, 9.17) is 18.9 Å². The maximum Gasteiger partial charge on any atom is 0.184 e. The Kier molecular flexibility index (Phi) is 9.30. The fourth-order valence-electron chi connectivity index (χ4n) is 5.38. The average Bonchev–Trinajstić information content (AvgIpc) is 3.86. The Bertz CT molecular complexity index is 1380. The fourth-order valence-corrected chi connectivity index (χ4v) is 5.65. The predicted molar refractivity (Wildman–Crippen MR) is 166 cm³/mol. The van der Waals surface area contributed by atoms with Gasteiger partial charge in [-0.1, -0.05) is 76.6 Å². The SMILES string of the molecule is Brc1ccc(C2OCCO2)cc1.c1ccc2c(c1)CCN2.c1ccc2c(c1)CCN2c1ccc(C2OCCO2)cc1. The number of nitrogens with one attached hydrogen (secondary N) is 1. The third kappa shape index (κ3) is 7.00. The second kappa shape index (κ2) is 13.6. The van der Waals surface area contributed by atoms with Gasteiger partial charge in [0.25, 0.3) is 0 Å². The second-order valence-corrected chi connectivity index (χ2v) is 11.1. The Labute approximate surface area is 250 Å². The van der Waals surface area contributed by atoms with Gasteiger partial charge in [0.05, 0.1) is 26.4 Å². The summed E-state index contributed by atoms with van der Waals surface area (Å²) in [5.74, 6) is 0. The van der Waals surface area contributed by atoms with Crippen molar-refractivity contribution in [1.29, 1.82) is 0 Å². The van der Waals surface area contributed by atoms with Crippen molar-refractivity contribution in [2.24, 2.45) is 0 Å². The van der Waals surface area contributed by atoms with Crippen LogP contribution in [0.4, 0.5) is 17.1 Å². The standard InChI is InChI=1S/C17H17NO2.C9H9BrO2.C8H9N/c1-2-4-16-13(3-1)9-10-18(16)15-7-5-14(6-8-15)17-19-11-12-20-17;10-8-3-1-7(2-4-8)9-11-5-6-12-9;1-2-4-8-7(3-1)5-6-9-8/h1-8,17H,9-12H2;1-4,9H,5-6H2;1-4,9H,5-6H2. The fraction of sp³-hybridized carbons (Fsp3) is 0.294. The zero-order chi connectivity index (χ0) is 27.9. The van der Waals surface area contributed by atoms with Crippen molar-refractivity contribution in [1.82, 2.24) is 0 Å². The van der Waals surface area contributed by atoms with Gasteiger partial charge >= 0.3 is 0 Å². The van der Waals surface area contributed by atoms with E-state index in [0.717, 1.165) is 35.1 Å². The molecule has 7 heteroatoms. The minimum atomic E-state index is -0.185. The first-order valence-corrected chi connectivity index (χ1v) is 15.0. The molecule has 0 amide bonds. The Morgan fingerprint density at radius 1 is 0.610 bits per heavy atom. The van der Waals surface area contributed by atoms with Crippen molar-refractivity contribution in [2.75, 3.05) is 49.7 Å². The van der Waals surface area contributed by atoms with Gasteiger partial charge in [-0.15, -0.1) is 0 Å². The number of anilines is 3. The monoisotopic (exact) mass is 614 g/mol. The third-order valence-electron chi connectivity index (χ3n) is 7.48. The lowest BCUT2D eigenvalue weighted by Crippen LogP contribution is -2.13. The minimum Gasteiger partial charge on any atom is -0.384 e. The molecule has 0 saturated carbocycles. The Morgan fingerprint density at radius 2 is 1.17 bits per heavy atom. The molecule has 0 radical (unpaired) electrons. The molecule has 0 aromatic heterocycles. The number of hydrogen-bond donors (Lipinski definition) is 1. The summed E-state index contributed by atoms with van der Waals surface area (Å²) in [6, 6.07) is 33.6. The van der Waals surface area contributed by atoms with E-state index in [0.29, 0.717) is 26.4 Å². The normalized spacial score (nSPS) is 17.6. The average molecular weight is 616 g/mol. The largest absolute Gasteiger partial charge is 0.384 e. The number of halogens is 1. The molecule has 41 heavy (non-hydrogen) atoms. The van der Waals surface area contributed by atoms with Crippen LogP contribution in [0.1, 0.15) is 34.8 Å². The van der Waals surface area contributed by atoms with Crippen molar-refractivity contribution in [3.05, 3.63) is 124 Å². The van der Waals surface area contributed by atoms with E-state index in [1.807, 2.05) is 24.3 Å². The summed E-state index contributed by atoms with van der Waals surface area (Å²) in [4.78, 5) is 2.37. The number of para-hydroxylation sites is 2. The molecule has 0 bridgehead atoms. The van der Waals surface area contributed by atoms with Crippen molar-refractivity contribution < 1.29 is 18.9 Å². The molecule has 0 spiro atoms. The van der Waals surface area contributed by atoms with Gasteiger partial charge in [-0.05, 0) is 60.4 Å². The van der Waals surface area contributed by atoms with Gasteiger partial charge in [0, 0.05) is 45.8 Å². The third-order valence-corrected chi connectivity index (χ3v) is 8.01. The molecule has 4 heterocycles. The van der Waals surface area contributed by atoms with Gasteiger partial charge in [-0.2, -0.15) is 0 Å². The highest BCUT2D eigenvalue weighted by atomic mass is 79.9. The highest BCUT2D eigenvalue weighted by Crippen LogP contribution is 2.35. The van der Waals surface area contributed by atoms with Gasteiger partial charge in [-0.3, -0.25) is 0 Å². The molecule has 1 N–H and O–H groups in total. The summed E-state index contributed by atoms with van der Waals surface area (Å²) in [7, 11) is 0. The molecule has 8 rings (SSSR count). The van der Waals surface area contributed by atoms with Crippen LogP contribution >= 0.6 is 15.9 Å². The maximum absolute atomic E-state index is 5.52. The zero-order valence-corrected chi connectivity index (χ0v) is 24.6. The molecule has 4 aliphatic heterocycles. The number of benzene rings is 4. The van der Waals surface area contributed by atoms with Gasteiger partial charge in [0.2, 0.25) is 0 Å². The van der Waals surface area contributed by atoms with E-state index >= 15 is 0 Å². The Balaban J connectivity index is 0.000000122. The summed E-state index contributed by atoms with van der Waals surface area (Å²) >= 11 is 3.37. The van der Waals surface area contributed by atoms with Crippen LogP contribution in [0.2, 0.25) is 0 Å². The molecule has 4 aromatic rings. The Morgan fingerprint density at radius 3 is 1.80 bits per heavy atom. The number of hydrogen-bond acceptors (Lipinski definition) is 6. The Hall–Kier alpha value is -3.20. The molecule has 2 saturated heterocycles. The topological polar surface area (TPSA) is 52.2 Å². The van der Waals surface area contributed by atoms with Crippen LogP contribution in [0.5, 0.6) is 0 Å². The van der Waals surface area contributed by atoms with Crippen molar-refractivity contribution in [2.45, 2.75) is 25.4 Å². The quantitative estimate of drug-likeness (QED) is 0.257. The van der Waals surface area contributed by atoms with Gasteiger partial charge in [-0.25, -0.2) is 0 Å². The molecule has 6 nitrogen and oxygen atoms in total. The number of rotatable bonds is 3. The summed E-state index contributed by atoms with van der Waals surface area (Å²) in [6.45, 7) is 4.92. The lowest BCUT2D eigenvalue weighted by Gasteiger charge is -2.20. The predicted octanol–water partition coefficient (Wildman–Crippen LogP) is 7.58. The van der Waals surface area contributed by atoms with E-state index in [2.05, 4.69) is 98.9 Å². The number of fused-ring (bicyclic) bond motifs is 2. The minimum absolute atomic E-state index is 0.155. The lowest BCUT2D eigenvalue weighted by atomic mass is 10.1. The smallest absolute Gasteiger partial charge is 0.184 e. The van der Waals surface area contributed by atoms with Gasteiger partial charge in [0.15, 0.2) is 12.6 Å². The van der Waals surface area contributed by atoms with Gasteiger partial charge < -0.3 is 29.2 Å². The van der Waals surface area contributed by atoms with E-state index in [1.165, 1.54) is 34.6 Å². The van der Waals surface area contributed by atoms with Crippen LogP contribution in [0.3, 0.4) is 0 Å². The number of ether oxygens (including phenoxy) is 4. The summed E-state index contributed by atoms with van der Waals surface area (Å²) < 4.78 is 22.8. The maximum atomic E-state index is 5.52. The molecule has 212 valence electrons. The highest BCUT2D eigenvalue weighted by Gasteiger charge is 2.22. The molecule has 0 aliphatic carbocycles. The lowest BCUT2D eigenvalue weighted by molar-refractivity contribution is -0.0443. The van der Waals surface area contributed by atoms with E-state index < -0.39 is 0 Å². The summed E-state index contributed by atoms with van der Waals surface area (Å²) in [5.41, 5.74) is 8.94. The van der Waals surface area contributed by atoms with Crippen molar-refractivity contribution in [3.8, 4) is 0 Å². The number of nitrogens with zero attached hydrogens (tertiary/aromatic N) is 1.